The number of thioether (sulfide) groups is 1. The summed E-state index contributed by atoms with van der Waals surface area (Å²) in [5, 5.41) is 0. The molecule has 0 spiro atoms. The number of ether oxygens (including phenoxy) is 2. The van der Waals surface area contributed by atoms with Crippen molar-refractivity contribution in [2.45, 2.75) is 25.6 Å². The molecule has 14 nitrogen and oxygen atoms in total. The maximum atomic E-state index is 7.50. The van der Waals surface area contributed by atoms with E-state index in [4.69, 9.17) is 65.3 Å². The molecule has 1 rings (SSSR count). The molecule has 0 saturated carbocycles. The van der Waals surface area contributed by atoms with Crippen LogP contribution in [0, 0.1) is 103 Å². The quantitative estimate of drug-likeness (QED) is 0.136. The summed E-state index contributed by atoms with van der Waals surface area (Å²) in [4.78, 5) is 0. The van der Waals surface area contributed by atoms with Crippen LogP contribution in [0.1, 0.15) is 19.3 Å². The molecule has 0 saturated heterocycles. The molecule has 0 aromatic heterocycles. The molecule has 19 heteroatoms. The predicted octanol–water partition coefficient (Wildman–Crippen LogP) is 2.00. The number of hydrogen-bond donors (Lipinski definition) is 0. The van der Waals surface area contributed by atoms with Crippen molar-refractivity contribution in [2.75, 3.05) is 25.7 Å². The van der Waals surface area contributed by atoms with E-state index in [1.54, 1.807) is 26.0 Å². The van der Waals surface area contributed by atoms with E-state index in [9.17, 15) is 0 Å². The average molecular weight is 822 g/mol. The molecule has 1 aliphatic rings. The van der Waals surface area contributed by atoms with Crippen LogP contribution in [0.2, 0.25) is 0 Å². The molecule has 45 heavy (non-hydrogen) atoms. The van der Waals surface area contributed by atoms with E-state index in [1.807, 2.05) is 0 Å². The van der Waals surface area contributed by atoms with Gasteiger partial charge in [0.2, 0.25) is 6.29 Å². The first kappa shape index (κ1) is 104. The van der Waals surface area contributed by atoms with Crippen LogP contribution in [0.3, 0.4) is 0 Å². The van der Waals surface area contributed by atoms with Crippen molar-refractivity contribution in [3.05, 3.63) is 91.5 Å². The maximum absolute atomic E-state index is 7.50. The van der Waals surface area contributed by atoms with Crippen LogP contribution >= 0.6 is 11.8 Å². The van der Waals surface area contributed by atoms with Gasteiger partial charge in [-0.2, -0.15) is 0 Å². The van der Waals surface area contributed by atoms with Crippen molar-refractivity contribution in [2.24, 2.45) is 0 Å². The number of rotatable bonds is 4. The van der Waals surface area contributed by atoms with E-state index in [0.717, 1.165) is 17.9 Å². The topological polar surface area (TPSA) is 257 Å². The summed E-state index contributed by atoms with van der Waals surface area (Å²) >= 11 is 1.71. The van der Waals surface area contributed by atoms with Gasteiger partial charge in [-0.05, 0) is 30.8 Å². The van der Waals surface area contributed by atoms with E-state index in [-0.39, 0.29) is 67.1 Å². The van der Waals surface area contributed by atoms with Crippen molar-refractivity contribution < 1.29 is 132 Å². The van der Waals surface area contributed by atoms with Crippen molar-refractivity contribution in [3.8, 4) is 23.7 Å². The fraction of sp³-hybridized carbons (Fsp3) is 0.308. The summed E-state index contributed by atoms with van der Waals surface area (Å²) in [5.74, 6) is 13.8. The minimum absolute atomic E-state index is 0. The third-order valence-electron chi connectivity index (χ3n) is 2.29. The zero-order valence-corrected chi connectivity index (χ0v) is 27.6. The van der Waals surface area contributed by atoms with E-state index in [0.29, 0.717) is 0 Å². The van der Waals surface area contributed by atoms with Gasteiger partial charge in [-0.15, -0.1) is 11.8 Å². The van der Waals surface area contributed by atoms with Crippen LogP contribution < -0.4 is 0 Å². The molecule has 0 aromatic rings. The Hall–Kier alpha value is -1.96. The Labute approximate surface area is 308 Å². The van der Waals surface area contributed by atoms with Gasteiger partial charge in [-0.3, -0.25) is 0 Å². The largest absolute Gasteiger partial charge is 0 e. The molecule has 0 aromatic carbocycles. The van der Waals surface area contributed by atoms with E-state index >= 15 is 0 Å². The molecule has 0 fully saturated rings. The van der Waals surface area contributed by atoms with Gasteiger partial charge in [0, 0.05) is 81.3 Å². The van der Waals surface area contributed by atoms with Crippen LogP contribution in [0.25, 0.3) is 0 Å². The van der Waals surface area contributed by atoms with Gasteiger partial charge < -0.3 is 9.47 Å². The second-order valence-corrected chi connectivity index (χ2v) is 4.53. The smallest absolute Gasteiger partial charge is 0 e. The fourth-order valence-corrected chi connectivity index (χ4v) is 1.89. The molecule has 0 bridgehead atoms. The molecular formula is C26H18Co4O14S. The first-order valence-corrected chi connectivity index (χ1v) is 9.27. The Morgan fingerprint density at radius 3 is 1.11 bits per heavy atom. The van der Waals surface area contributed by atoms with Gasteiger partial charge >= 0.3 is 136 Å². The number of hydrogen-bond acceptors (Lipinski definition) is 3. The summed E-state index contributed by atoms with van der Waals surface area (Å²) in [7, 11) is 3.16. The molecule has 0 unspecified atom stereocenters. The van der Waals surface area contributed by atoms with Gasteiger partial charge in [0.25, 0.3) is 0 Å². The Bertz CT molecular complexity index is 743. The van der Waals surface area contributed by atoms with Gasteiger partial charge in [0.15, 0.2) is 0 Å². The Morgan fingerprint density at radius 2 is 0.867 bits per heavy atom. The third kappa shape index (κ3) is 186. The molecule has 0 heterocycles. The summed E-state index contributed by atoms with van der Waals surface area (Å²) in [6.45, 7) is 54.0. The standard InChI is InChI=1S/C14H18O2S.12CO.4Co/c1-15-14(16-2)10-6-12-17-11-5-9-13-7-3-4-8-13;12*1-2;;;;/h7,14H,3-4,8,11-12H2,1-2H3;;;;;;;;;;;;;;;;. The fourth-order valence-electron chi connectivity index (χ4n) is 1.43. The minimum atomic E-state index is -0.412. The second-order valence-electron chi connectivity index (χ2n) is 3.54. The molecule has 0 aliphatic heterocycles. The van der Waals surface area contributed by atoms with Crippen molar-refractivity contribution in [1.82, 2.24) is 0 Å². The summed E-state index contributed by atoms with van der Waals surface area (Å²) in [5.41, 5.74) is 1.30. The molecular weight excluding hydrogens is 804 g/mol. The zero-order valence-electron chi connectivity index (χ0n) is 22.6. The summed E-state index contributed by atoms with van der Waals surface area (Å²) in [6.07, 6.45) is 5.43. The van der Waals surface area contributed by atoms with Crippen LogP contribution in [0.15, 0.2) is 11.6 Å². The third-order valence-corrected chi connectivity index (χ3v) is 2.98. The monoisotopic (exact) mass is 822 g/mol. The first-order valence-electron chi connectivity index (χ1n) is 8.11. The summed E-state index contributed by atoms with van der Waals surface area (Å²) in [6, 6.07) is 0. The molecule has 0 N–H and O–H groups in total. The molecule has 0 atom stereocenters. The Balaban J connectivity index is -0.0000000184. The predicted molar refractivity (Wildman–Crippen MR) is 120 cm³/mol. The van der Waals surface area contributed by atoms with E-state index < -0.39 is 6.29 Å². The average Bonchev–Trinajstić information content (AvgIpc) is 3.67. The molecule has 248 valence electrons. The SMILES string of the molecule is COC(C#CCSCC#CC1=CCCC1)OC.[C-]#[O+].[C-]#[O+].[C-]#[O+].[C-]#[O+].[C-]#[O+].[C-]#[O+].[C-]#[O+].[C-]#[O+].[C-]#[O+].[C-]#[O+].[C-]#[O+].[C-]#[O+].[Co].[Co].[Co].[Co]. The van der Waals surface area contributed by atoms with Crippen molar-refractivity contribution in [3.63, 3.8) is 0 Å². The zero-order chi connectivity index (χ0) is 36.3. The van der Waals surface area contributed by atoms with Crippen LogP contribution in [-0.4, -0.2) is 32.0 Å². The normalized spacial score (nSPS) is 5.71. The van der Waals surface area contributed by atoms with E-state index in [2.05, 4.69) is 110 Å². The number of methoxy groups -OCH3 is 2. The van der Waals surface area contributed by atoms with Gasteiger partial charge in [-0.25, -0.2) is 0 Å². The van der Waals surface area contributed by atoms with Gasteiger partial charge in [0.05, 0.1) is 11.5 Å². The molecule has 0 amide bonds. The second kappa shape index (κ2) is 244. The molecule has 4 radical (unpaired) electrons. The van der Waals surface area contributed by atoms with Gasteiger partial charge in [0.1, 0.15) is 0 Å². The Morgan fingerprint density at radius 1 is 0.578 bits per heavy atom. The van der Waals surface area contributed by atoms with E-state index in [1.165, 1.54) is 18.4 Å². The van der Waals surface area contributed by atoms with Crippen LogP contribution in [0.5, 0.6) is 0 Å². The van der Waals surface area contributed by atoms with Crippen molar-refractivity contribution in [1.29, 1.82) is 0 Å². The molecule has 1 aliphatic carbocycles. The Kier molecular flexibility index (Phi) is 564. The maximum Gasteiger partial charge on any atom is 0 e. The van der Waals surface area contributed by atoms with Gasteiger partial charge in [-0.1, -0.05) is 23.8 Å². The minimum Gasteiger partial charge on any atom is 0 e. The summed E-state index contributed by atoms with van der Waals surface area (Å²) < 4.78 is 99.9. The van der Waals surface area contributed by atoms with Crippen LogP contribution in [-0.2, 0) is 132 Å². The van der Waals surface area contributed by atoms with Crippen LogP contribution in [0.4, 0.5) is 0 Å². The number of allylic oxidation sites excluding steroid dienone is 2. The first-order chi connectivity index (χ1) is 20.4. The van der Waals surface area contributed by atoms with Crippen molar-refractivity contribution >= 4 is 11.8 Å².